The molecule has 2 aliphatic rings. The van der Waals surface area contributed by atoms with E-state index in [1.165, 1.54) is 25.7 Å². The predicted octanol–water partition coefficient (Wildman–Crippen LogP) is 2.20. The van der Waals surface area contributed by atoms with Crippen molar-refractivity contribution in [1.82, 2.24) is 0 Å². The van der Waals surface area contributed by atoms with Crippen molar-refractivity contribution in [1.29, 1.82) is 0 Å². The average molecular weight is 198 g/mol. The van der Waals surface area contributed by atoms with Crippen LogP contribution in [0.2, 0.25) is 0 Å². The zero-order chi connectivity index (χ0) is 10.0. The van der Waals surface area contributed by atoms with Crippen LogP contribution in [0.3, 0.4) is 0 Å². The van der Waals surface area contributed by atoms with Crippen molar-refractivity contribution < 1.29 is 14.6 Å². The quantitative estimate of drug-likeness (QED) is 0.753. The van der Waals surface area contributed by atoms with E-state index < -0.39 is 5.97 Å². The Balaban J connectivity index is 1.91. The lowest BCUT2D eigenvalue weighted by molar-refractivity contribution is -0.187. The van der Waals surface area contributed by atoms with Crippen molar-refractivity contribution >= 4 is 5.97 Å². The minimum Gasteiger partial charge on any atom is -0.481 e. The molecule has 1 aliphatic heterocycles. The van der Waals surface area contributed by atoms with Gasteiger partial charge in [0.15, 0.2) is 0 Å². The van der Waals surface area contributed by atoms with Gasteiger partial charge in [0, 0.05) is 12.8 Å². The molecule has 0 aromatic heterocycles. The van der Waals surface area contributed by atoms with E-state index in [9.17, 15) is 4.79 Å². The molecule has 2 rings (SSSR count). The summed E-state index contributed by atoms with van der Waals surface area (Å²) in [6.07, 6.45) is 7.11. The molecule has 0 aromatic carbocycles. The smallest absolute Gasteiger partial charge is 0.303 e. The summed E-state index contributed by atoms with van der Waals surface area (Å²) in [7, 11) is 0. The molecule has 3 nitrogen and oxygen atoms in total. The number of ether oxygens (including phenoxy) is 1. The van der Waals surface area contributed by atoms with Crippen LogP contribution < -0.4 is 0 Å². The normalized spacial score (nSPS) is 32.9. The van der Waals surface area contributed by atoms with Gasteiger partial charge in [-0.25, -0.2) is 0 Å². The first-order valence-corrected chi connectivity index (χ1v) is 5.59. The number of carboxylic acid groups (broad SMARTS) is 1. The van der Waals surface area contributed by atoms with Gasteiger partial charge in [-0.1, -0.05) is 12.8 Å². The van der Waals surface area contributed by atoms with Crippen LogP contribution in [0, 0.1) is 5.92 Å². The molecule has 1 saturated carbocycles. The average Bonchev–Trinajstić information content (AvgIpc) is 2.55. The van der Waals surface area contributed by atoms with Gasteiger partial charge in [-0.05, 0) is 25.2 Å². The molecule has 0 spiro atoms. The van der Waals surface area contributed by atoms with Crippen molar-refractivity contribution in [3.63, 3.8) is 0 Å². The highest BCUT2D eigenvalue weighted by Gasteiger charge is 2.46. The molecule has 1 unspecified atom stereocenters. The molecule has 1 saturated heterocycles. The molecule has 1 heterocycles. The summed E-state index contributed by atoms with van der Waals surface area (Å²) in [5, 5.41) is 8.68. The fourth-order valence-electron chi connectivity index (χ4n) is 2.86. The fraction of sp³-hybridized carbons (Fsp3) is 0.909. The Hall–Kier alpha value is -0.570. The maximum absolute atomic E-state index is 10.5. The van der Waals surface area contributed by atoms with Gasteiger partial charge in [0.1, 0.15) is 0 Å². The molecule has 0 amide bonds. The highest BCUT2D eigenvalue weighted by Crippen LogP contribution is 2.45. The van der Waals surface area contributed by atoms with Crippen LogP contribution in [-0.4, -0.2) is 23.3 Å². The lowest BCUT2D eigenvalue weighted by Crippen LogP contribution is -2.49. The van der Waals surface area contributed by atoms with Gasteiger partial charge < -0.3 is 9.84 Å². The van der Waals surface area contributed by atoms with Crippen molar-refractivity contribution in [2.45, 2.75) is 50.5 Å². The van der Waals surface area contributed by atoms with Crippen LogP contribution in [-0.2, 0) is 9.53 Å². The van der Waals surface area contributed by atoms with E-state index >= 15 is 0 Å². The van der Waals surface area contributed by atoms with Gasteiger partial charge in [0.25, 0.3) is 0 Å². The van der Waals surface area contributed by atoms with Crippen molar-refractivity contribution in [2.24, 2.45) is 5.92 Å². The zero-order valence-corrected chi connectivity index (χ0v) is 8.50. The van der Waals surface area contributed by atoms with Crippen LogP contribution >= 0.6 is 0 Å². The van der Waals surface area contributed by atoms with Crippen LogP contribution in [0.15, 0.2) is 0 Å². The lowest BCUT2D eigenvalue weighted by atomic mass is 9.76. The highest BCUT2D eigenvalue weighted by atomic mass is 16.5. The molecule has 0 bridgehead atoms. The van der Waals surface area contributed by atoms with Gasteiger partial charge in [-0.3, -0.25) is 4.79 Å². The van der Waals surface area contributed by atoms with Crippen LogP contribution in [0.1, 0.15) is 44.9 Å². The molecule has 3 heteroatoms. The summed E-state index contributed by atoms with van der Waals surface area (Å²) in [6, 6.07) is 0. The van der Waals surface area contributed by atoms with Gasteiger partial charge in [0.2, 0.25) is 0 Å². The Morgan fingerprint density at radius 3 is 2.50 bits per heavy atom. The maximum Gasteiger partial charge on any atom is 0.303 e. The zero-order valence-electron chi connectivity index (χ0n) is 8.50. The second kappa shape index (κ2) is 3.89. The van der Waals surface area contributed by atoms with E-state index in [1.807, 2.05) is 0 Å². The summed E-state index contributed by atoms with van der Waals surface area (Å²) >= 11 is 0. The molecular formula is C11H18O3. The van der Waals surface area contributed by atoms with Crippen LogP contribution in [0.4, 0.5) is 0 Å². The topological polar surface area (TPSA) is 46.5 Å². The Kier molecular flexibility index (Phi) is 2.77. The SMILES string of the molecule is O=C(O)CCC1(C2CCCC2)CCO1. The molecule has 0 radical (unpaired) electrons. The Morgan fingerprint density at radius 1 is 1.43 bits per heavy atom. The van der Waals surface area contributed by atoms with E-state index in [2.05, 4.69) is 0 Å². The summed E-state index contributed by atoms with van der Waals surface area (Å²) in [6.45, 7) is 0.829. The lowest BCUT2D eigenvalue weighted by Gasteiger charge is -2.46. The van der Waals surface area contributed by atoms with Crippen LogP contribution in [0.25, 0.3) is 0 Å². The molecule has 80 valence electrons. The maximum atomic E-state index is 10.5. The van der Waals surface area contributed by atoms with E-state index in [-0.39, 0.29) is 12.0 Å². The van der Waals surface area contributed by atoms with Gasteiger partial charge in [-0.15, -0.1) is 0 Å². The highest BCUT2D eigenvalue weighted by molar-refractivity contribution is 5.66. The fourth-order valence-corrected chi connectivity index (χ4v) is 2.86. The standard InChI is InChI=1S/C11H18O3/c12-10(13)5-6-11(7-8-14-11)9-3-1-2-4-9/h9H,1-8H2,(H,12,13). The van der Waals surface area contributed by atoms with Gasteiger partial charge >= 0.3 is 5.97 Å². The largest absolute Gasteiger partial charge is 0.481 e. The van der Waals surface area contributed by atoms with Gasteiger partial charge in [-0.2, -0.15) is 0 Å². The van der Waals surface area contributed by atoms with E-state index in [0.29, 0.717) is 12.3 Å². The molecule has 1 N–H and O–H groups in total. The molecule has 1 atom stereocenters. The number of carboxylic acids is 1. The monoisotopic (exact) mass is 198 g/mol. The summed E-state index contributed by atoms with van der Waals surface area (Å²) < 4.78 is 5.69. The minimum absolute atomic E-state index is 0.0467. The first-order valence-electron chi connectivity index (χ1n) is 5.59. The second-order valence-corrected chi connectivity index (χ2v) is 4.54. The molecule has 14 heavy (non-hydrogen) atoms. The number of aliphatic carboxylic acids is 1. The van der Waals surface area contributed by atoms with Crippen molar-refractivity contribution in [3.05, 3.63) is 0 Å². The Bertz CT molecular complexity index is 215. The van der Waals surface area contributed by atoms with Crippen molar-refractivity contribution in [3.8, 4) is 0 Å². The van der Waals surface area contributed by atoms with E-state index in [4.69, 9.17) is 9.84 Å². The first kappa shape index (κ1) is 9.97. The summed E-state index contributed by atoms with van der Waals surface area (Å²) in [5.74, 6) is -0.0616. The number of rotatable bonds is 4. The first-order chi connectivity index (χ1) is 6.73. The minimum atomic E-state index is -0.696. The number of carbonyl (C=O) groups is 1. The third kappa shape index (κ3) is 1.78. The molecular weight excluding hydrogens is 180 g/mol. The van der Waals surface area contributed by atoms with Crippen molar-refractivity contribution in [2.75, 3.05) is 6.61 Å². The molecule has 2 fully saturated rings. The summed E-state index contributed by atoms with van der Waals surface area (Å²) in [4.78, 5) is 10.5. The van der Waals surface area contributed by atoms with Gasteiger partial charge in [0.05, 0.1) is 12.2 Å². The van der Waals surface area contributed by atoms with Crippen LogP contribution in [0.5, 0.6) is 0 Å². The van der Waals surface area contributed by atoms with E-state index in [0.717, 1.165) is 13.0 Å². The third-order valence-electron chi connectivity index (χ3n) is 3.78. The second-order valence-electron chi connectivity index (χ2n) is 4.54. The van der Waals surface area contributed by atoms with E-state index in [1.54, 1.807) is 0 Å². The Morgan fingerprint density at radius 2 is 2.07 bits per heavy atom. The number of hydrogen-bond donors (Lipinski definition) is 1. The third-order valence-corrected chi connectivity index (χ3v) is 3.78. The predicted molar refractivity (Wildman–Crippen MR) is 52.1 cm³/mol. The Labute approximate surface area is 84.4 Å². The molecule has 1 aliphatic carbocycles. The molecule has 0 aromatic rings. The summed E-state index contributed by atoms with van der Waals surface area (Å²) in [5.41, 5.74) is -0.0467. The number of hydrogen-bond acceptors (Lipinski definition) is 2.